The van der Waals surface area contributed by atoms with Crippen molar-refractivity contribution in [2.75, 3.05) is 23.3 Å². The Hall–Kier alpha value is -2.43. The minimum absolute atomic E-state index is 0.0319. The summed E-state index contributed by atoms with van der Waals surface area (Å²) >= 11 is 8.50. The maximum atomic E-state index is 13.1. The topological polar surface area (TPSA) is 82.7 Å². The van der Waals surface area contributed by atoms with Crippen LogP contribution in [-0.2, 0) is 4.79 Å². The van der Waals surface area contributed by atoms with Gasteiger partial charge in [0.05, 0.1) is 17.6 Å². The highest BCUT2D eigenvalue weighted by atomic mass is 79.9. The summed E-state index contributed by atoms with van der Waals surface area (Å²) in [5.41, 5.74) is -0.736. The van der Waals surface area contributed by atoms with Gasteiger partial charge in [0.15, 0.2) is 0 Å². The lowest BCUT2D eigenvalue weighted by Gasteiger charge is -2.37. The molecule has 1 saturated carbocycles. The Balaban J connectivity index is 1.36. The van der Waals surface area contributed by atoms with Gasteiger partial charge in [0.25, 0.3) is 5.91 Å². The number of nitrogens with one attached hydrogen (secondary N) is 3. The number of amides is 2. The van der Waals surface area contributed by atoms with Crippen LogP contribution in [0.5, 0.6) is 5.75 Å². The monoisotopic (exact) mass is 596 g/mol. The van der Waals surface area contributed by atoms with Crippen LogP contribution >= 0.6 is 27.5 Å². The first kappa shape index (κ1) is 26.2. The predicted molar refractivity (Wildman–Crippen MR) is 142 cm³/mol. The lowest BCUT2D eigenvalue weighted by Crippen LogP contribution is -2.56. The minimum Gasteiger partial charge on any atom is -0.420 e. The van der Waals surface area contributed by atoms with Gasteiger partial charge in [0, 0.05) is 58.4 Å². The Bertz CT molecular complexity index is 1200. The average molecular weight is 598 g/mol. The molecule has 3 unspecified atom stereocenters. The van der Waals surface area contributed by atoms with Crippen molar-refractivity contribution in [1.82, 2.24) is 10.6 Å². The van der Waals surface area contributed by atoms with E-state index in [1.54, 1.807) is 6.07 Å². The largest absolute Gasteiger partial charge is 0.487 e. The Kier molecular flexibility index (Phi) is 7.10. The van der Waals surface area contributed by atoms with Crippen molar-refractivity contribution >= 4 is 50.7 Å². The molecule has 0 bridgehead atoms. The molecule has 0 radical (unpaired) electrons. The molecule has 0 aromatic heterocycles. The second kappa shape index (κ2) is 10.0. The van der Waals surface area contributed by atoms with E-state index >= 15 is 0 Å². The zero-order valence-corrected chi connectivity index (χ0v) is 22.7. The molecule has 7 nitrogen and oxygen atoms in total. The van der Waals surface area contributed by atoms with Crippen LogP contribution in [0.15, 0.2) is 40.9 Å². The summed E-state index contributed by atoms with van der Waals surface area (Å²) in [5.74, 6) is -0.104. The van der Waals surface area contributed by atoms with Crippen LogP contribution < -0.4 is 25.6 Å². The van der Waals surface area contributed by atoms with Crippen LogP contribution in [0.25, 0.3) is 0 Å². The lowest BCUT2D eigenvalue weighted by atomic mass is 9.95. The molecule has 3 atom stereocenters. The Morgan fingerprint density at radius 1 is 1.19 bits per heavy atom. The third-order valence-corrected chi connectivity index (χ3v) is 8.01. The first-order chi connectivity index (χ1) is 17.5. The summed E-state index contributed by atoms with van der Waals surface area (Å²) in [6.07, 6.45) is 1.80. The van der Waals surface area contributed by atoms with Crippen molar-refractivity contribution in [2.24, 2.45) is 5.92 Å². The number of alkyl halides is 3. The third kappa shape index (κ3) is 5.28. The van der Waals surface area contributed by atoms with Gasteiger partial charge in [0.1, 0.15) is 5.75 Å². The normalized spacial score (nSPS) is 22.9. The number of fused-ring (bicyclic) bond motifs is 3. The van der Waals surface area contributed by atoms with Crippen molar-refractivity contribution in [1.29, 1.82) is 0 Å². The fourth-order valence-corrected chi connectivity index (χ4v) is 6.41. The van der Waals surface area contributed by atoms with Crippen molar-refractivity contribution < 1.29 is 23.1 Å². The molecule has 198 valence electrons. The summed E-state index contributed by atoms with van der Waals surface area (Å²) in [4.78, 5) is 28.2. The molecule has 2 aromatic rings. The molecule has 2 fully saturated rings. The molecular formula is C26H28BrClF2N4O3. The van der Waals surface area contributed by atoms with Crippen molar-refractivity contribution in [2.45, 2.75) is 56.3 Å². The zero-order valence-electron chi connectivity index (χ0n) is 20.4. The highest BCUT2D eigenvalue weighted by molar-refractivity contribution is 9.10. The molecule has 3 aliphatic rings. The van der Waals surface area contributed by atoms with E-state index in [1.165, 1.54) is 24.3 Å². The molecule has 11 heteroatoms. The van der Waals surface area contributed by atoms with E-state index < -0.39 is 5.57 Å². The zero-order chi connectivity index (χ0) is 26.5. The molecular weight excluding hydrogens is 570 g/mol. The highest BCUT2D eigenvalue weighted by Crippen LogP contribution is 2.53. The van der Waals surface area contributed by atoms with Gasteiger partial charge < -0.3 is 25.6 Å². The van der Waals surface area contributed by atoms with E-state index in [0.717, 1.165) is 41.7 Å². The number of carbonyl (C=O) groups excluding carboxylic acids is 2. The van der Waals surface area contributed by atoms with Crippen molar-refractivity contribution in [3.8, 4) is 5.75 Å². The van der Waals surface area contributed by atoms with E-state index in [1.807, 2.05) is 6.07 Å². The number of benzene rings is 2. The van der Waals surface area contributed by atoms with Crippen LogP contribution in [0.3, 0.4) is 0 Å². The second-order valence-electron chi connectivity index (χ2n) is 10.1. The Morgan fingerprint density at radius 3 is 2.49 bits per heavy atom. The van der Waals surface area contributed by atoms with Gasteiger partial charge in [-0.1, -0.05) is 0 Å². The maximum absolute atomic E-state index is 13.1. The van der Waals surface area contributed by atoms with Gasteiger partial charge in [0.2, 0.25) is 5.91 Å². The fraction of sp³-hybridized carbons (Fsp3) is 0.462. The molecule has 37 heavy (non-hydrogen) atoms. The van der Waals surface area contributed by atoms with Crippen molar-refractivity contribution in [3.05, 3.63) is 52.0 Å². The summed E-state index contributed by atoms with van der Waals surface area (Å²) in [5, 5.41) is 9.26. The van der Waals surface area contributed by atoms with E-state index in [9.17, 15) is 18.4 Å². The number of nitrogens with zero attached hydrogens (tertiary/aromatic N) is 1. The maximum Gasteiger partial charge on any atom is 0.487 e. The Labute approximate surface area is 227 Å². The van der Waals surface area contributed by atoms with E-state index in [-0.39, 0.29) is 47.5 Å². The minimum atomic E-state index is -3.81. The van der Waals surface area contributed by atoms with Crippen LogP contribution in [0.2, 0.25) is 0 Å². The molecule has 3 N–H and O–H groups in total. The number of hydrogen-bond acceptors (Lipinski definition) is 5. The first-order valence-corrected chi connectivity index (χ1v) is 13.5. The summed E-state index contributed by atoms with van der Waals surface area (Å²) in [7, 11) is 0. The van der Waals surface area contributed by atoms with Gasteiger partial charge in [-0.05, 0) is 84.6 Å². The molecule has 1 aliphatic carbocycles. The van der Waals surface area contributed by atoms with E-state index in [2.05, 4.69) is 55.4 Å². The SMILES string of the molecule is CC(C)N1c2c(Br)cc(C(=O)Nc3ccc(OC(F)(F)Cl)cc3)cc2C2CCC(NC(=O)C3CNC3)C21. The third-order valence-electron chi connectivity index (χ3n) is 7.33. The summed E-state index contributed by atoms with van der Waals surface area (Å²) in [6, 6.07) is 9.64. The average Bonchev–Trinajstić information content (AvgIpc) is 3.31. The van der Waals surface area contributed by atoms with Crippen molar-refractivity contribution in [3.63, 3.8) is 0 Å². The van der Waals surface area contributed by atoms with E-state index in [4.69, 9.17) is 11.6 Å². The lowest BCUT2D eigenvalue weighted by molar-refractivity contribution is -0.127. The number of hydrogen-bond donors (Lipinski definition) is 3. The Morgan fingerprint density at radius 2 is 1.89 bits per heavy atom. The van der Waals surface area contributed by atoms with Crippen LogP contribution in [0.4, 0.5) is 20.2 Å². The molecule has 5 rings (SSSR count). The highest BCUT2D eigenvalue weighted by Gasteiger charge is 2.49. The van der Waals surface area contributed by atoms with Gasteiger partial charge in [-0.3, -0.25) is 9.59 Å². The number of rotatable bonds is 7. The summed E-state index contributed by atoms with van der Waals surface area (Å²) < 4.78 is 30.8. The quantitative estimate of drug-likeness (QED) is 0.390. The number of carbonyl (C=O) groups is 2. The summed E-state index contributed by atoms with van der Waals surface area (Å²) in [6.45, 7) is 5.72. The first-order valence-electron chi connectivity index (χ1n) is 12.3. The number of ether oxygens (including phenoxy) is 1. The van der Waals surface area contributed by atoms with Gasteiger partial charge in [-0.25, -0.2) is 0 Å². The van der Waals surface area contributed by atoms with E-state index in [0.29, 0.717) is 11.3 Å². The van der Waals surface area contributed by atoms with Crippen LogP contribution in [0, 0.1) is 5.92 Å². The molecule has 1 saturated heterocycles. The van der Waals surface area contributed by atoms with Gasteiger partial charge >= 0.3 is 5.57 Å². The second-order valence-corrected chi connectivity index (χ2v) is 11.4. The smallest absolute Gasteiger partial charge is 0.420 e. The van der Waals surface area contributed by atoms with Gasteiger partial charge in [-0.15, -0.1) is 8.78 Å². The molecule has 2 aromatic carbocycles. The van der Waals surface area contributed by atoms with Crippen LogP contribution in [0.1, 0.15) is 48.5 Å². The molecule has 2 amide bonds. The predicted octanol–water partition coefficient (Wildman–Crippen LogP) is 5.05. The molecule has 2 aliphatic heterocycles. The van der Waals surface area contributed by atoms with Crippen LogP contribution in [-0.4, -0.2) is 48.6 Å². The molecule has 0 spiro atoms. The number of halogens is 4. The fourth-order valence-electron chi connectivity index (χ4n) is 5.64. The van der Waals surface area contributed by atoms with Gasteiger partial charge in [-0.2, -0.15) is 0 Å². The standard InChI is InChI=1S/C26H28BrClF2N4O3/c1-13(2)34-22-19(18-7-8-21(23(18)34)33-25(36)15-11-31-12-15)9-14(10-20(22)27)24(35)32-16-3-5-17(6-4-16)37-26(28,29)30/h3-6,9-10,13,15,18,21,23,31H,7-8,11-12H2,1-2H3,(H,32,35)(H,33,36). The molecule has 2 heterocycles. The number of anilines is 2.